The maximum Gasteiger partial charge on any atom is 0.410 e. The molecule has 1 amide bonds. The number of pyridine rings is 1. The highest BCUT2D eigenvalue weighted by atomic mass is 32.2. The average molecular weight is 376 g/mol. The molecule has 1 fully saturated rings. The molecule has 2 aromatic rings. The van der Waals surface area contributed by atoms with Crippen molar-refractivity contribution in [1.82, 2.24) is 19.9 Å². The number of hydrogen-bond acceptors (Lipinski definition) is 6. The van der Waals surface area contributed by atoms with Crippen molar-refractivity contribution in [2.24, 2.45) is 0 Å². The van der Waals surface area contributed by atoms with Crippen molar-refractivity contribution in [3.63, 3.8) is 0 Å². The maximum atomic E-state index is 12.5. The topological polar surface area (TPSA) is 88.2 Å². The molecular formula is C18H24N4O3S. The number of amides is 1. The predicted octanol–water partition coefficient (Wildman–Crippen LogP) is 3.15. The minimum atomic E-state index is -0.501. The van der Waals surface area contributed by atoms with Gasteiger partial charge >= 0.3 is 6.09 Å². The van der Waals surface area contributed by atoms with E-state index in [4.69, 9.17) is 4.74 Å². The highest BCUT2D eigenvalue weighted by Crippen LogP contribution is 2.28. The summed E-state index contributed by atoms with van der Waals surface area (Å²) in [5.74, 6) is 0.113. The zero-order valence-electron chi connectivity index (χ0n) is 15.5. The fourth-order valence-electron chi connectivity index (χ4n) is 3.09. The van der Waals surface area contributed by atoms with Crippen LogP contribution in [0.2, 0.25) is 0 Å². The predicted molar refractivity (Wildman–Crippen MR) is 102 cm³/mol. The Balaban J connectivity index is 1.74. The minimum absolute atomic E-state index is 0.112. The third-order valence-corrected chi connectivity index (χ3v) is 4.93. The van der Waals surface area contributed by atoms with Crippen molar-refractivity contribution in [3.05, 3.63) is 28.2 Å². The van der Waals surface area contributed by atoms with Gasteiger partial charge in [-0.15, -0.1) is 0 Å². The van der Waals surface area contributed by atoms with Crippen LogP contribution in [-0.4, -0.2) is 50.9 Å². The normalized spacial score (nSPS) is 16.1. The third kappa shape index (κ3) is 4.17. The van der Waals surface area contributed by atoms with E-state index in [1.807, 2.05) is 33.1 Å². The average Bonchev–Trinajstić information content (AvgIpc) is 2.59. The number of carbonyl (C=O) groups excluding carboxylic acids is 1. The number of aromatic nitrogens is 3. The van der Waals surface area contributed by atoms with Gasteiger partial charge in [-0.3, -0.25) is 4.79 Å². The molecule has 1 aliphatic rings. The molecule has 0 spiro atoms. The molecule has 2 aromatic heterocycles. The lowest BCUT2D eigenvalue weighted by Gasteiger charge is -2.33. The lowest BCUT2D eigenvalue weighted by atomic mass is 9.90. The number of nitrogens with zero attached hydrogens (tertiary/aromatic N) is 3. The SMILES string of the molecule is CSc1ncc2cc(C3CCN(C(=O)OC(C)(C)C)CC3)c(=O)[nH]c2n1. The molecule has 0 aliphatic carbocycles. The Morgan fingerprint density at radius 2 is 2.04 bits per heavy atom. The number of likely N-dealkylation sites (tertiary alicyclic amines) is 1. The molecule has 0 aromatic carbocycles. The second-order valence-electron chi connectivity index (χ2n) is 7.46. The van der Waals surface area contributed by atoms with E-state index in [-0.39, 0.29) is 17.6 Å². The smallest absolute Gasteiger partial charge is 0.410 e. The van der Waals surface area contributed by atoms with Crippen LogP contribution in [0.3, 0.4) is 0 Å². The van der Waals surface area contributed by atoms with E-state index in [2.05, 4.69) is 15.0 Å². The zero-order chi connectivity index (χ0) is 18.9. The van der Waals surface area contributed by atoms with Gasteiger partial charge < -0.3 is 14.6 Å². The summed E-state index contributed by atoms with van der Waals surface area (Å²) in [5.41, 5.74) is 0.684. The second kappa shape index (κ2) is 7.26. The first-order chi connectivity index (χ1) is 12.3. The lowest BCUT2D eigenvalue weighted by Crippen LogP contribution is -2.41. The van der Waals surface area contributed by atoms with Crippen LogP contribution in [0.5, 0.6) is 0 Å². The zero-order valence-corrected chi connectivity index (χ0v) is 16.4. The van der Waals surface area contributed by atoms with Gasteiger partial charge in [0.05, 0.1) is 0 Å². The van der Waals surface area contributed by atoms with Gasteiger partial charge in [0.15, 0.2) is 5.16 Å². The quantitative estimate of drug-likeness (QED) is 0.640. The summed E-state index contributed by atoms with van der Waals surface area (Å²) in [7, 11) is 0. The van der Waals surface area contributed by atoms with Crippen molar-refractivity contribution in [2.75, 3.05) is 19.3 Å². The first-order valence-electron chi connectivity index (χ1n) is 8.69. The van der Waals surface area contributed by atoms with Crippen LogP contribution >= 0.6 is 11.8 Å². The van der Waals surface area contributed by atoms with Gasteiger partial charge in [0.2, 0.25) is 0 Å². The van der Waals surface area contributed by atoms with Gasteiger partial charge in [0, 0.05) is 30.2 Å². The van der Waals surface area contributed by atoms with Crippen molar-refractivity contribution in [3.8, 4) is 0 Å². The summed E-state index contributed by atoms with van der Waals surface area (Å²) < 4.78 is 5.42. The van der Waals surface area contributed by atoms with Gasteiger partial charge in [-0.1, -0.05) is 11.8 Å². The van der Waals surface area contributed by atoms with Crippen LogP contribution in [0.15, 0.2) is 22.2 Å². The Hall–Kier alpha value is -2.09. The highest BCUT2D eigenvalue weighted by Gasteiger charge is 2.28. The molecule has 7 nitrogen and oxygen atoms in total. The van der Waals surface area contributed by atoms with E-state index in [9.17, 15) is 9.59 Å². The Bertz CT molecular complexity index is 867. The van der Waals surface area contributed by atoms with Gasteiger partial charge in [-0.25, -0.2) is 14.8 Å². The molecule has 3 rings (SSSR count). The summed E-state index contributed by atoms with van der Waals surface area (Å²) in [6.45, 7) is 6.74. The molecule has 8 heteroatoms. The molecule has 0 saturated carbocycles. The van der Waals surface area contributed by atoms with Crippen LogP contribution in [0.4, 0.5) is 4.79 Å². The first-order valence-corrected chi connectivity index (χ1v) is 9.91. The van der Waals surface area contributed by atoms with Crippen molar-refractivity contribution >= 4 is 28.9 Å². The fraction of sp³-hybridized carbons (Fsp3) is 0.556. The molecule has 1 N–H and O–H groups in total. The number of hydrogen-bond donors (Lipinski definition) is 1. The van der Waals surface area contributed by atoms with Crippen LogP contribution in [0, 0.1) is 0 Å². The molecule has 1 aliphatic heterocycles. The molecule has 0 atom stereocenters. The molecular weight excluding hydrogens is 352 g/mol. The van der Waals surface area contributed by atoms with Gasteiger partial charge in [0.1, 0.15) is 11.2 Å². The van der Waals surface area contributed by atoms with Crippen LogP contribution in [-0.2, 0) is 4.74 Å². The molecule has 26 heavy (non-hydrogen) atoms. The summed E-state index contributed by atoms with van der Waals surface area (Å²) in [6, 6.07) is 1.88. The highest BCUT2D eigenvalue weighted by molar-refractivity contribution is 7.98. The van der Waals surface area contributed by atoms with E-state index >= 15 is 0 Å². The van der Waals surface area contributed by atoms with Gasteiger partial charge in [-0.05, 0) is 51.9 Å². The van der Waals surface area contributed by atoms with Crippen molar-refractivity contribution < 1.29 is 9.53 Å². The summed E-state index contributed by atoms with van der Waals surface area (Å²) >= 11 is 1.43. The standard InChI is InChI=1S/C18H24N4O3S/c1-18(2,3)25-17(24)22-7-5-11(6-8-22)13-9-12-10-19-16(26-4)21-14(12)20-15(13)23/h9-11H,5-8H2,1-4H3,(H,19,20,21,23). The Morgan fingerprint density at radius 3 is 2.65 bits per heavy atom. The summed E-state index contributed by atoms with van der Waals surface area (Å²) in [4.78, 5) is 37.9. The number of piperidine rings is 1. The second-order valence-corrected chi connectivity index (χ2v) is 8.23. The third-order valence-electron chi connectivity index (χ3n) is 4.37. The number of carbonyl (C=O) groups is 1. The summed E-state index contributed by atoms with van der Waals surface area (Å²) in [5, 5.41) is 1.46. The number of rotatable bonds is 2. The van der Waals surface area contributed by atoms with Gasteiger partial charge in [0.25, 0.3) is 5.56 Å². The van der Waals surface area contributed by atoms with Crippen LogP contribution in [0.1, 0.15) is 45.1 Å². The number of aromatic amines is 1. The Morgan fingerprint density at radius 1 is 1.35 bits per heavy atom. The van der Waals surface area contributed by atoms with Crippen molar-refractivity contribution in [1.29, 1.82) is 0 Å². The van der Waals surface area contributed by atoms with E-state index in [0.29, 0.717) is 23.9 Å². The largest absolute Gasteiger partial charge is 0.444 e. The first kappa shape index (κ1) is 18.7. The number of nitrogens with one attached hydrogen (secondary N) is 1. The summed E-state index contributed by atoms with van der Waals surface area (Å²) in [6.07, 6.45) is 4.81. The van der Waals surface area contributed by atoms with E-state index in [1.54, 1.807) is 11.1 Å². The van der Waals surface area contributed by atoms with Crippen LogP contribution in [0.25, 0.3) is 11.0 Å². The monoisotopic (exact) mass is 376 g/mol. The number of thioether (sulfide) groups is 1. The lowest BCUT2D eigenvalue weighted by molar-refractivity contribution is 0.0204. The number of fused-ring (bicyclic) bond motifs is 1. The Labute approximate surface area is 156 Å². The molecule has 140 valence electrons. The molecule has 0 radical (unpaired) electrons. The van der Waals surface area contributed by atoms with E-state index < -0.39 is 5.60 Å². The number of H-pyrrole nitrogens is 1. The fourth-order valence-corrected chi connectivity index (χ4v) is 3.44. The van der Waals surface area contributed by atoms with Gasteiger partial charge in [-0.2, -0.15) is 0 Å². The molecule has 1 saturated heterocycles. The number of ether oxygens (including phenoxy) is 1. The Kier molecular flexibility index (Phi) is 5.22. The molecule has 0 unspecified atom stereocenters. The van der Waals surface area contributed by atoms with E-state index in [1.165, 1.54) is 11.8 Å². The minimum Gasteiger partial charge on any atom is -0.444 e. The van der Waals surface area contributed by atoms with Crippen LogP contribution < -0.4 is 5.56 Å². The van der Waals surface area contributed by atoms with Crippen molar-refractivity contribution in [2.45, 2.75) is 50.3 Å². The molecule has 3 heterocycles. The van der Waals surface area contributed by atoms with E-state index in [0.717, 1.165) is 23.8 Å². The molecule has 0 bridgehead atoms. The maximum absolute atomic E-state index is 12.5.